The molecule has 6 heteroatoms. The fraction of sp³-hybridized carbons (Fsp3) is 0.353. The maximum atomic E-state index is 12.5. The minimum absolute atomic E-state index is 0.0361. The van der Waals surface area contributed by atoms with Crippen LogP contribution in [0.3, 0.4) is 0 Å². The van der Waals surface area contributed by atoms with E-state index >= 15 is 0 Å². The Labute approximate surface area is 139 Å². The summed E-state index contributed by atoms with van der Waals surface area (Å²) in [7, 11) is 0. The van der Waals surface area contributed by atoms with Gasteiger partial charge in [0, 0.05) is 23.2 Å². The van der Waals surface area contributed by atoms with Gasteiger partial charge in [0.25, 0.3) is 5.91 Å². The molecule has 1 atom stereocenters. The second kappa shape index (κ2) is 6.91. The first-order valence-corrected chi connectivity index (χ1v) is 8.62. The average Bonchev–Trinajstić information content (AvgIpc) is 3.02. The summed E-state index contributed by atoms with van der Waals surface area (Å²) in [6.07, 6.45) is 2.91. The molecule has 0 bridgehead atoms. The van der Waals surface area contributed by atoms with E-state index in [1.54, 1.807) is 40.5 Å². The van der Waals surface area contributed by atoms with Gasteiger partial charge in [0.1, 0.15) is 5.01 Å². The lowest BCUT2D eigenvalue weighted by Crippen LogP contribution is -2.46. The molecule has 0 saturated carbocycles. The summed E-state index contributed by atoms with van der Waals surface area (Å²) in [4.78, 5) is 31.0. The van der Waals surface area contributed by atoms with Gasteiger partial charge in [-0.15, -0.1) is 11.3 Å². The van der Waals surface area contributed by atoms with E-state index in [1.807, 2.05) is 18.4 Å². The van der Waals surface area contributed by atoms with E-state index in [-0.39, 0.29) is 18.0 Å². The number of benzene rings is 1. The van der Waals surface area contributed by atoms with E-state index in [4.69, 9.17) is 0 Å². The number of imide groups is 1. The Bertz CT molecular complexity index is 699. The van der Waals surface area contributed by atoms with Gasteiger partial charge < -0.3 is 4.90 Å². The summed E-state index contributed by atoms with van der Waals surface area (Å²) in [5, 5.41) is 5.44. The summed E-state index contributed by atoms with van der Waals surface area (Å²) in [5.41, 5.74) is 1.45. The van der Waals surface area contributed by atoms with Crippen molar-refractivity contribution in [1.29, 1.82) is 0 Å². The monoisotopic (exact) mass is 329 g/mol. The van der Waals surface area contributed by atoms with Crippen molar-refractivity contribution in [3.63, 3.8) is 0 Å². The first-order valence-electron chi connectivity index (χ1n) is 7.74. The summed E-state index contributed by atoms with van der Waals surface area (Å²) in [5.74, 6) is -0.366. The van der Waals surface area contributed by atoms with Crippen LogP contribution >= 0.6 is 11.3 Å². The summed E-state index contributed by atoms with van der Waals surface area (Å²) in [6.45, 7) is 2.60. The lowest BCUT2D eigenvalue weighted by Gasteiger charge is -2.34. The molecular formula is C17H19N3O2S. The highest BCUT2D eigenvalue weighted by atomic mass is 32.1. The Hall–Kier alpha value is -2.21. The second-order valence-electron chi connectivity index (χ2n) is 5.66. The predicted molar refractivity (Wildman–Crippen MR) is 89.5 cm³/mol. The molecule has 1 N–H and O–H groups in total. The molecule has 1 aliphatic rings. The van der Waals surface area contributed by atoms with Gasteiger partial charge in [-0.1, -0.05) is 18.2 Å². The van der Waals surface area contributed by atoms with Crippen molar-refractivity contribution in [3.05, 3.63) is 52.0 Å². The molecule has 1 aromatic carbocycles. The van der Waals surface area contributed by atoms with Crippen molar-refractivity contribution >= 4 is 23.3 Å². The normalized spacial score (nSPS) is 17.8. The molecule has 1 aromatic heterocycles. The van der Waals surface area contributed by atoms with Crippen LogP contribution in [0.5, 0.6) is 0 Å². The molecule has 1 saturated heterocycles. The van der Waals surface area contributed by atoms with Crippen LogP contribution in [0.1, 0.15) is 46.4 Å². The average molecular weight is 329 g/mol. The zero-order valence-electron chi connectivity index (χ0n) is 13.0. The van der Waals surface area contributed by atoms with Gasteiger partial charge in [0.2, 0.25) is 0 Å². The van der Waals surface area contributed by atoms with Gasteiger partial charge in [-0.25, -0.2) is 9.78 Å². The number of carbonyl (C=O) groups excluding carboxylic acids is 2. The number of likely N-dealkylation sites (tertiary alicyclic amines) is 1. The van der Waals surface area contributed by atoms with E-state index in [1.165, 1.54) is 0 Å². The molecule has 5 nitrogen and oxygen atoms in total. The number of carbonyl (C=O) groups is 2. The largest absolute Gasteiger partial charge is 0.324 e. The van der Waals surface area contributed by atoms with Crippen LogP contribution in [0.15, 0.2) is 35.7 Å². The van der Waals surface area contributed by atoms with Crippen LogP contribution in [0.4, 0.5) is 4.79 Å². The lowest BCUT2D eigenvalue weighted by molar-refractivity contribution is 0.0934. The zero-order valence-corrected chi connectivity index (χ0v) is 13.8. The number of rotatable bonds is 2. The second-order valence-corrected chi connectivity index (χ2v) is 6.55. The molecule has 3 rings (SSSR count). The SMILES string of the molecule is Cc1csc([C@H]2CCCCN2C(=O)NC(=O)c2ccccc2)n1. The standard InChI is InChI=1S/C17H19N3O2S/c1-12-11-23-16(18-12)14-9-5-6-10-20(14)17(22)19-15(21)13-7-3-2-4-8-13/h2-4,7-8,11,14H,5-6,9-10H2,1H3,(H,19,21,22)/t14-/m1/s1. The smallest absolute Gasteiger partial charge is 0.315 e. The Kier molecular flexibility index (Phi) is 4.71. The van der Waals surface area contributed by atoms with Crippen LogP contribution < -0.4 is 5.32 Å². The van der Waals surface area contributed by atoms with E-state index in [9.17, 15) is 9.59 Å². The van der Waals surface area contributed by atoms with Gasteiger partial charge in [-0.05, 0) is 38.3 Å². The topological polar surface area (TPSA) is 62.3 Å². The quantitative estimate of drug-likeness (QED) is 0.917. The molecule has 1 aliphatic heterocycles. The third-order valence-corrected chi connectivity index (χ3v) is 5.01. The van der Waals surface area contributed by atoms with Gasteiger partial charge in [-0.2, -0.15) is 0 Å². The van der Waals surface area contributed by atoms with Crippen molar-refractivity contribution < 1.29 is 9.59 Å². The molecule has 2 heterocycles. The van der Waals surface area contributed by atoms with Crippen LogP contribution in [0.25, 0.3) is 0 Å². The zero-order chi connectivity index (χ0) is 16.2. The van der Waals surface area contributed by atoms with Gasteiger partial charge in [0.15, 0.2) is 0 Å². The summed E-state index contributed by atoms with van der Waals surface area (Å²) < 4.78 is 0. The number of aromatic nitrogens is 1. The van der Waals surface area contributed by atoms with Crippen LogP contribution in [-0.2, 0) is 0 Å². The fourth-order valence-electron chi connectivity index (χ4n) is 2.79. The van der Waals surface area contributed by atoms with E-state index in [0.717, 1.165) is 30.0 Å². The van der Waals surface area contributed by atoms with Gasteiger partial charge >= 0.3 is 6.03 Å². The molecule has 23 heavy (non-hydrogen) atoms. The fourth-order valence-corrected chi connectivity index (χ4v) is 3.73. The molecule has 3 amide bonds. The molecular weight excluding hydrogens is 310 g/mol. The van der Waals surface area contributed by atoms with Crippen molar-refractivity contribution in [2.24, 2.45) is 0 Å². The molecule has 0 unspecified atom stereocenters. The van der Waals surface area contributed by atoms with Crippen molar-refractivity contribution in [2.75, 3.05) is 6.54 Å². The number of nitrogens with one attached hydrogen (secondary N) is 1. The third-order valence-electron chi connectivity index (χ3n) is 3.94. The lowest BCUT2D eigenvalue weighted by atomic mass is 10.0. The highest BCUT2D eigenvalue weighted by Crippen LogP contribution is 2.32. The molecule has 2 aromatic rings. The number of aryl methyl sites for hydroxylation is 1. The Morgan fingerprint density at radius 2 is 2.04 bits per heavy atom. The molecule has 0 aliphatic carbocycles. The van der Waals surface area contributed by atoms with E-state index in [0.29, 0.717) is 12.1 Å². The number of hydrogen-bond acceptors (Lipinski definition) is 4. The number of urea groups is 1. The first-order chi connectivity index (χ1) is 11.1. The first kappa shape index (κ1) is 15.7. The predicted octanol–water partition coefficient (Wildman–Crippen LogP) is 3.53. The Balaban J connectivity index is 1.73. The van der Waals surface area contributed by atoms with E-state index in [2.05, 4.69) is 10.3 Å². The highest BCUT2D eigenvalue weighted by Gasteiger charge is 2.30. The summed E-state index contributed by atoms with van der Waals surface area (Å²) >= 11 is 1.57. The van der Waals surface area contributed by atoms with Crippen molar-refractivity contribution in [2.45, 2.75) is 32.2 Å². The van der Waals surface area contributed by atoms with Crippen LogP contribution in [0.2, 0.25) is 0 Å². The number of piperidine rings is 1. The Morgan fingerprint density at radius 1 is 1.26 bits per heavy atom. The van der Waals surface area contributed by atoms with Gasteiger partial charge in [-0.3, -0.25) is 10.1 Å². The number of nitrogens with zero attached hydrogens (tertiary/aromatic N) is 2. The van der Waals surface area contributed by atoms with Crippen molar-refractivity contribution in [1.82, 2.24) is 15.2 Å². The van der Waals surface area contributed by atoms with Crippen molar-refractivity contribution in [3.8, 4) is 0 Å². The minimum atomic E-state index is -0.366. The van der Waals surface area contributed by atoms with Crippen LogP contribution in [-0.4, -0.2) is 28.4 Å². The molecule has 0 spiro atoms. The summed E-state index contributed by atoms with van der Waals surface area (Å²) in [6, 6.07) is 8.41. The van der Waals surface area contributed by atoms with E-state index < -0.39 is 0 Å². The number of thiazole rings is 1. The maximum Gasteiger partial charge on any atom is 0.324 e. The highest BCUT2D eigenvalue weighted by molar-refractivity contribution is 7.09. The van der Waals surface area contributed by atoms with Crippen LogP contribution in [0, 0.1) is 6.92 Å². The minimum Gasteiger partial charge on any atom is -0.315 e. The molecule has 0 radical (unpaired) electrons. The Morgan fingerprint density at radius 3 is 2.74 bits per heavy atom. The number of amides is 3. The number of hydrogen-bond donors (Lipinski definition) is 1. The maximum absolute atomic E-state index is 12.5. The molecule has 1 fully saturated rings. The third kappa shape index (κ3) is 3.59. The molecule has 120 valence electrons. The van der Waals surface area contributed by atoms with Gasteiger partial charge in [0.05, 0.1) is 6.04 Å².